The van der Waals surface area contributed by atoms with Gasteiger partial charge in [0, 0.05) is 32.2 Å². The van der Waals surface area contributed by atoms with E-state index in [0.29, 0.717) is 0 Å². The standard InChI is InChI=1S/C14H27NO8/c1-6-7(5-16)15(3-8(17)10(6)18)4-9-11(19)12(20)13(21)14(22-2)23-9/h6-14,16-21H,3-5H2,1-2H3/t6-,7-,8-,9+,10-,11-,12-,13+,14-/m0/s1. The third-order valence-corrected chi connectivity index (χ3v) is 4.93. The first-order valence-corrected chi connectivity index (χ1v) is 7.75. The predicted molar refractivity (Wildman–Crippen MR) is 77.3 cm³/mol. The van der Waals surface area contributed by atoms with Crippen LogP contribution >= 0.6 is 0 Å². The van der Waals surface area contributed by atoms with Crippen LogP contribution in [0, 0.1) is 5.92 Å². The van der Waals surface area contributed by atoms with Gasteiger partial charge in [0.25, 0.3) is 0 Å². The number of likely N-dealkylation sites (tertiary alicyclic amines) is 1. The molecule has 2 rings (SSSR count). The van der Waals surface area contributed by atoms with E-state index in [9.17, 15) is 30.6 Å². The zero-order valence-corrected chi connectivity index (χ0v) is 13.3. The smallest absolute Gasteiger partial charge is 0.186 e. The molecule has 0 unspecified atom stereocenters. The molecule has 0 aromatic carbocycles. The Kier molecular flexibility index (Phi) is 6.34. The summed E-state index contributed by atoms with van der Waals surface area (Å²) in [7, 11) is 1.31. The van der Waals surface area contributed by atoms with Crippen LogP contribution in [0.5, 0.6) is 0 Å². The SMILES string of the molecule is CO[C@H]1O[C@H](CN2C[C@H](O)[C@@H](O)[C@@H](C)[C@@H]2CO)[C@H](O)[C@H](O)[C@H]1O. The van der Waals surface area contributed by atoms with Crippen molar-refractivity contribution < 1.29 is 40.1 Å². The van der Waals surface area contributed by atoms with Crippen LogP contribution in [-0.4, -0.2) is 111 Å². The highest BCUT2D eigenvalue weighted by Gasteiger charge is 2.47. The Morgan fingerprint density at radius 3 is 2.26 bits per heavy atom. The second-order valence-corrected chi connectivity index (χ2v) is 6.37. The number of aliphatic hydroxyl groups is 6. The van der Waals surface area contributed by atoms with Crippen LogP contribution in [0.4, 0.5) is 0 Å². The monoisotopic (exact) mass is 337 g/mol. The van der Waals surface area contributed by atoms with Gasteiger partial charge in [0.15, 0.2) is 6.29 Å². The second-order valence-electron chi connectivity index (χ2n) is 6.37. The molecule has 0 spiro atoms. The fourth-order valence-corrected chi connectivity index (χ4v) is 3.38. The number of rotatable bonds is 4. The summed E-state index contributed by atoms with van der Waals surface area (Å²) in [5.41, 5.74) is 0. The van der Waals surface area contributed by atoms with E-state index < -0.39 is 49.0 Å². The molecule has 6 N–H and O–H groups in total. The molecule has 2 aliphatic rings. The van der Waals surface area contributed by atoms with Gasteiger partial charge in [-0.1, -0.05) is 6.92 Å². The molecule has 2 saturated heterocycles. The lowest BCUT2D eigenvalue weighted by Gasteiger charge is -2.47. The Morgan fingerprint density at radius 2 is 1.70 bits per heavy atom. The van der Waals surface area contributed by atoms with Gasteiger partial charge in [0.05, 0.1) is 18.8 Å². The maximum atomic E-state index is 10.1. The summed E-state index contributed by atoms with van der Waals surface area (Å²) < 4.78 is 10.4. The average Bonchev–Trinajstić information content (AvgIpc) is 2.53. The van der Waals surface area contributed by atoms with Crippen molar-refractivity contribution in [2.45, 2.75) is 55.9 Å². The molecule has 9 heteroatoms. The maximum absolute atomic E-state index is 10.1. The fraction of sp³-hybridized carbons (Fsp3) is 1.00. The summed E-state index contributed by atoms with van der Waals surface area (Å²) in [4.78, 5) is 1.70. The van der Waals surface area contributed by atoms with Crippen molar-refractivity contribution in [3.8, 4) is 0 Å². The highest BCUT2D eigenvalue weighted by Crippen LogP contribution is 2.28. The third-order valence-electron chi connectivity index (χ3n) is 4.93. The average molecular weight is 337 g/mol. The van der Waals surface area contributed by atoms with E-state index in [1.54, 1.807) is 11.8 Å². The molecule has 0 bridgehead atoms. The first-order chi connectivity index (χ1) is 10.8. The summed E-state index contributed by atoms with van der Waals surface area (Å²) in [5.74, 6) is -0.377. The van der Waals surface area contributed by atoms with Crippen molar-refractivity contribution in [3.05, 3.63) is 0 Å². The topological polar surface area (TPSA) is 143 Å². The number of nitrogens with zero attached hydrogens (tertiary/aromatic N) is 1. The van der Waals surface area contributed by atoms with Crippen molar-refractivity contribution in [2.75, 3.05) is 26.8 Å². The zero-order valence-electron chi connectivity index (χ0n) is 13.3. The predicted octanol–water partition coefficient (Wildman–Crippen LogP) is -3.53. The van der Waals surface area contributed by atoms with E-state index >= 15 is 0 Å². The summed E-state index contributed by atoms with van der Waals surface area (Å²) in [5, 5.41) is 59.2. The number of hydrogen-bond acceptors (Lipinski definition) is 9. The third kappa shape index (κ3) is 3.68. The van der Waals surface area contributed by atoms with Crippen LogP contribution in [-0.2, 0) is 9.47 Å². The van der Waals surface area contributed by atoms with Crippen LogP contribution in [0.15, 0.2) is 0 Å². The van der Waals surface area contributed by atoms with Crippen LogP contribution in [0.3, 0.4) is 0 Å². The van der Waals surface area contributed by atoms with Gasteiger partial charge in [-0.05, 0) is 0 Å². The van der Waals surface area contributed by atoms with E-state index in [1.807, 2.05) is 0 Å². The molecular weight excluding hydrogens is 310 g/mol. The molecule has 0 amide bonds. The normalized spacial score (nSPS) is 49.3. The number of hydrogen-bond donors (Lipinski definition) is 6. The first-order valence-electron chi connectivity index (χ1n) is 7.75. The van der Waals surface area contributed by atoms with Crippen molar-refractivity contribution >= 4 is 0 Å². The second kappa shape index (κ2) is 7.68. The molecule has 2 aliphatic heterocycles. The van der Waals surface area contributed by atoms with Gasteiger partial charge in [-0.25, -0.2) is 0 Å². The molecule has 9 nitrogen and oxygen atoms in total. The number of ether oxygens (including phenoxy) is 2. The van der Waals surface area contributed by atoms with E-state index in [-0.39, 0.29) is 25.6 Å². The van der Waals surface area contributed by atoms with Gasteiger partial charge in [0.2, 0.25) is 0 Å². The van der Waals surface area contributed by atoms with E-state index in [0.717, 1.165) is 0 Å². The fourth-order valence-electron chi connectivity index (χ4n) is 3.38. The Balaban J connectivity index is 2.09. The number of β-amino-alcohol motifs (C(OH)–C–C–N with tert-alkyl or cyclic N) is 1. The Bertz CT molecular complexity index is 384. The molecule has 2 fully saturated rings. The molecule has 9 atom stereocenters. The number of piperidine rings is 1. The van der Waals surface area contributed by atoms with E-state index in [4.69, 9.17) is 9.47 Å². The maximum Gasteiger partial charge on any atom is 0.186 e. The minimum atomic E-state index is -1.43. The van der Waals surface area contributed by atoms with Crippen LogP contribution in [0.2, 0.25) is 0 Å². The van der Waals surface area contributed by atoms with Crippen molar-refractivity contribution in [1.29, 1.82) is 0 Å². The Hall–Kier alpha value is -0.360. The van der Waals surface area contributed by atoms with Crippen molar-refractivity contribution in [3.63, 3.8) is 0 Å². The molecular formula is C14H27NO8. The molecule has 0 aromatic rings. The van der Waals surface area contributed by atoms with Crippen LogP contribution in [0.1, 0.15) is 6.92 Å². The van der Waals surface area contributed by atoms with Crippen LogP contribution in [0.25, 0.3) is 0 Å². The van der Waals surface area contributed by atoms with E-state index in [1.165, 1.54) is 7.11 Å². The van der Waals surface area contributed by atoms with E-state index in [2.05, 4.69) is 0 Å². The van der Waals surface area contributed by atoms with Gasteiger partial charge < -0.3 is 40.1 Å². The Morgan fingerprint density at radius 1 is 1.04 bits per heavy atom. The van der Waals surface area contributed by atoms with Gasteiger partial charge in [0.1, 0.15) is 24.4 Å². The summed E-state index contributed by atoms with van der Waals surface area (Å²) in [6, 6.07) is -0.422. The van der Waals surface area contributed by atoms with Crippen LogP contribution < -0.4 is 0 Å². The largest absolute Gasteiger partial charge is 0.395 e. The summed E-state index contributed by atoms with van der Waals surface area (Å²) >= 11 is 0. The molecule has 2 heterocycles. The van der Waals surface area contributed by atoms with Crippen molar-refractivity contribution in [1.82, 2.24) is 4.90 Å². The number of methoxy groups -OCH3 is 1. The zero-order chi connectivity index (χ0) is 17.3. The van der Waals surface area contributed by atoms with Gasteiger partial charge in [-0.3, -0.25) is 4.90 Å². The minimum absolute atomic E-state index is 0.0968. The first kappa shape index (κ1) is 19.0. The summed E-state index contributed by atoms with van der Waals surface area (Å²) in [6.45, 7) is 1.69. The molecule has 0 aliphatic carbocycles. The molecule has 0 aromatic heterocycles. The highest BCUT2D eigenvalue weighted by atomic mass is 16.7. The molecule has 0 saturated carbocycles. The lowest BCUT2D eigenvalue weighted by atomic mass is 9.86. The van der Waals surface area contributed by atoms with Gasteiger partial charge >= 0.3 is 0 Å². The molecule has 136 valence electrons. The summed E-state index contributed by atoms with van der Waals surface area (Å²) in [6.07, 6.45) is -8.01. The highest BCUT2D eigenvalue weighted by molar-refractivity contribution is 4.96. The van der Waals surface area contributed by atoms with Gasteiger partial charge in [-0.15, -0.1) is 0 Å². The lowest BCUT2D eigenvalue weighted by Crippen LogP contribution is -2.64. The molecule has 0 radical (unpaired) electrons. The number of aliphatic hydroxyl groups excluding tert-OH is 6. The quantitative estimate of drug-likeness (QED) is 0.308. The molecule has 23 heavy (non-hydrogen) atoms. The lowest BCUT2D eigenvalue weighted by molar-refractivity contribution is -0.294. The van der Waals surface area contributed by atoms with Crippen molar-refractivity contribution in [2.24, 2.45) is 5.92 Å². The minimum Gasteiger partial charge on any atom is -0.395 e. The van der Waals surface area contributed by atoms with Gasteiger partial charge in [-0.2, -0.15) is 0 Å². The Labute approximate surface area is 134 Å².